The van der Waals surface area contributed by atoms with Gasteiger partial charge in [-0.3, -0.25) is 0 Å². The molecule has 35 heavy (non-hydrogen) atoms. The molecule has 2 unspecified atom stereocenters. The molecule has 0 radical (unpaired) electrons. The summed E-state index contributed by atoms with van der Waals surface area (Å²) < 4.78 is 111. The van der Waals surface area contributed by atoms with Crippen LogP contribution in [0.25, 0.3) is 0 Å². The lowest BCUT2D eigenvalue weighted by atomic mass is 9.91. The number of rotatable bonds is 9. The van der Waals surface area contributed by atoms with Gasteiger partial charge in [-0.25, -0.2) is 13.2 Å². The zero-order chi connectivity index (χ0) is 25.6. The van der Waals surface area contributed by atoms with E-state index in [9.17, 15) is 30.7 Å². The predicted octanol–water partition coefficient (Wildman–Crippen LogP) is 8.17. The van der Waals surface area contributed by atoms with Crippen molar-refractivity contribution >= 4 is 0 Å². The van der Waals surface area contributed by atoms with Gasteiger partial charge in [-0.05, 0) is 68.4 Å². The van der Waals surface area contributed by atoms with E-state index in [1.54, 1.807) is 0 Å². The van der Waals surface area contributed by atoms with Gasteiger partial charge in [0.05, 0.1) is 12.7 Å². The quantitative estimate of drug-likeness (QED) is 0.196. The van der Waals surface area contributed by atoms with Crippen LogP contribution >= 0.6 is 0 Å². The van der Waals surface area contributed by atoms with Gasteiger partial charge in [0, 0.05) is 6.07 Å². The topological polar surface area (TPSA) is 27.7 Å². The molecule has 0 amide bonds. The van der Waals surface area contributed by atoms with Crippen molar-refractivity contribution in [2.45, 2.75) is 44.8 Å². The second-order valence-corrected chi connectivity index (χ2v) is 8.01. The first kappa shape index (κ1) is 26.6. The number of halogens is 7. The number of hydrogen-bond acceptors (Lipinski definition) is 3. The van der Waals surface area contributed by atoms with E-state index in [4.69, 9.17) is 4.74 Å². The van der Waals surface area contributed by atoms with E-state index >= 15 is 0 Å². The summed E-state index contributed by atoms with van der Waals surface area (Å²) in [5.74, 6) is -5.58. The van der Waals surface area contributed by atoms with E-state index in [1.165, 1.54) is 0 Å². The summed E-state index contributed by atoms with van der Waals surface area (Å²) in [5, 5.41) is 0. The Morgan fingerprint density at radius 2 is 1.77 bits per heavy atom. The minimum Gasteiger partial charge on any atom is -0.456 e. The summed E-state index contributed by atoms with van der Waals surface area (Å²) >= 11 is 0. The zero-order valence-corrected chi connectivity index (χ0v) is 18.7. The first-order chi connectivity index (χ1) is 16.6. The molecule has 0 spiro atoms. The second kappa shape index (κ2) is 11.6. The Morgan fingerprint density at radius 1 is 1.06 bits per heavy atom. The first-order valence-electron chi connectivity index (χ1n) is 10.9. The Kier molecular flexibility index (Phi) is 8.82. The molecule has 0 saturated carbocycles. The van der Waals surface area contributed by atoms with E-state index in [2.05, 4.69) is 9.47 Å². The van der Waals surface area contributed by atoms with Crippen molar-refractivity contribution in [1.82, 2.24) is 0 Å². The molecule has 2 atom stereocenters. The largest absolute Gasteiger partial charge is 0.456 e. The van der Waals surface area contributed by atoms with Crippen molar-refractivity contribution in [2.24, 2.45) is 5.92 Å². The maximum Gasteiger partial charge on any atom is 0.432 e. The molecule has 1 saturated heterocycles. The van der Waals surface area contributed by atoms with Gasteiger partial charge < -0.3 is 14.2 Å². The second-order valence-electron chi connectivity index (χ2n) is 8.01. The number of hydrogen-bond donors (Lipinski definition) is 0. The highest BCUT2D eigenvalue weighted by Gasteiger charge is 2.42. The van der Waals surface area contributed by atoms with Crippen LogP contribution in [-0.2, 0) is 10.8 Å². The van der Waals surface area contributed by atoms with Gasteiger partial charge in [0.25, 0.3) is 0 Å². The van der Waals surface area contributed by atoms with Crippen LogP contribution < -0.4 is 9.47 Å². The van der Waals surface area contributed by atoms with Crippen LogP contribution in [0.2, 0.25) is 0 Å². The van der Waals surface area contributed by atoms with E-state index in [-0.39, 0.29) is 11.8 Å². The number of benzene rings is 2. The molecule has 190 valence electrons. The summed E-state index contributed by atoms with van der Waals surface area (Å²) in [6.07, 6.45) is -0.356. The highest BCUT2D eigenvalue weighted by Crippen LogP contribution is 2.39. The normalized spacial score (nSPS) is 18.5. The van der Waals surface area contributed by atoms with Gasteiger partial charge in [0.15, 0.2) is 17.8 Å². The van der Waals surface area contributed by atoms with Crippen LogP contribution in [0, 0.1) is 23.4 Å². The summed E-state index contributed by atoms with van der Waals surface area (Å²) in [7, 11) is 0. The van der Waals surface area contributed by atoms with Crippen molar-refractivity contribution < 1.29 is 44.9 Å². The molecule has 2 aromatic carbocycles. The van der Waals surface area contributed by atoms with Crippen molar-refractivity contribution in [2.75, 3.05) is 6.61 Å². The van der Waals surface area contributed by atoms with Gasteiger partial charge in [-0.1, -0.05) is 12.2 Å². The van der Waals surface area contributed by atoms with Crippen LogP contribution in [0.5, 0.6) is 11.5 Å². The van der Waals surface area contributed by atoms with Crippen molar-refractivity contribution in [1.29, 1.82) is 0 Å². The number of alkyl halides is 2. The monoisotopic (exact) mass is 504 g/mol. The Labute approximate surface area is 197 Å². The predicted molar refractivity (Wildman–Crippen MR) is 114 cm³/mol. The number of allylic oxidation sites excluding steroid dienone is 2. The molecule has 3 nitrogen and oxygen atoms in total. The highest BCUT2D eigenvalue weighted by molar-refractivity contribution is 5.35. The Bertz CT molecular complexity index is 1050. The average molecular weight is 504 g/mol. The third-order valence-electron chi connectivity index (χ3n) is 5.50. The zero-order valence-electron chi connectivity index (χ0n) is 18.7. The molecule has 10 heteroatoms. The van der Waals surface area contributed by atoms with E-state index in [0.717, 1.165) is 43.5 Å². The van der Waals surface area contributed by atoms with E-state index < -0.39 is 52.8 Å². The van der Waals surface area contributed by atoms with Crippen LogP contribution in [0.3, 0.4) is 0 Å². The van der Waals surface area contributed by atoms with Gasteiger partial charge in [0.1, 0.15) is 22.9 Å². The highest BCUT2D eigenvalue weighted by atomic mass is 19.3. The third-order valence-corrected chi connectivity index (χ3v) is 5.50. The molecule has 1 fully saturated rings. The minimum atomic E-state index is -4.50. The Morgan fingerprint density at radius 3 is 2.34 bits per heavy atom. The smallest absolute Gasteiger partial charge is 0.432 e. The fourth-order valence-electron chi connectivity index (χ4n) is 3.80. The molecule has 0 aliphatic carbocycles. The molecule has 1 aliphatic heterocycles. The first-order valence-corrected chi connectivity index (χ1v) is 10.9. The lowest BCUT2D eigenvalue weighted by Crippen LogP contribution is -2.26. The van der Waals surface area contributed by atoms with Gasteiger partial charge in [-0.2, -0.15) is 17.6 Å². The summed E-state index contributed by atoms with van der Waals surface area (Å²) in [4.78, 5) is 0. The minimum absolute atomic E-state index is 0.0418. The summed E-state index contributed by atoms with van der Waals surface area (Å²) in [6, 6.07) is 3.50. The van der Waals surface area contributed by atoms with Gasteiger partial charge >= 0.3 is 12.2 Å². The van der Waals surface area contributed by atoms with Crippen LogP contribution in [0.15, 0.2) is 54.8 Å². The number of ether oxygens (including phenoxy) is 3. The van der Waals surface area contributed by atoms with Crippen molar-refractivity contribution in [3.05, 3.63) is 83.4 Å². The van der Waals surface area contributed by atoms with Gasteiger partial charge in [0.2, 0.25) is 0 Å². The molecule has 0 N–H and O–H groups in total. The fraction of sp³-hybridized carbons (Fsp3) is 0.360. The Balaban J connectivity index is 1.72. The lowest BCUT2D eigenvalue weighted by Gasteiger charge is -2.29. The van der Waals surface area contributed by atoms with Crippen LogP contribution in [0.4, 0.5) is 30.7 Å². The molecule has 0 aromatic heterocycles. The summed E-state index contributed by atoms with van der Waals surface area (Å²) in [6.45, 7) is 2.32. The fourth-order valence-corrected chi connectivity index (χ4v) is 3.80. The maximum atomic E-state index is 14.6. The van der Waals surface area contributed by atoms with E-state index in [0.29, 0.717) is 25.0 Å². The summed E-state index contributed by atoms with van der Waals surface area (Å²) in [5.41, 5.74) is -1.56. The maximum absolute atomic E-state index is 14.6. The van der Waals surface area contributed by atoms with Crippen LogP contribution in [-0.4, -0.2) is 6.61 Å². The molecule has 1 aliphatic rings. The molecule has 1 heterocycles. The third kappa shape index (κ3) is 7.00. The molecular formula is C25H23F7O3. The van der Waals surface area contributed by atoms with Crippen molar-refractivity contribution in [3.63, 3.8) is 0 Å². The van der Waals surface area contributed by atoms with Crippen molar-refractivity contribution in [3.8, 4) is 11.5 Å². The molecular weight excluding hydrogens is 481 g/mol. The molecule has 0 bridgehead atoms. The lowest BCUT2D eigenvalue weighted by molar-refractivity contribution is -0.189. The van der Waals surface area contributed by atoms with Gasteiger partial charge in [-0.15, -0.1) is 0 Å². The standard InChI is InChI=1S/C25H23F7O3/c1-2-3-4-5-15-6-8-21(33-13-15)16-10-19(27)24(20(28)11-16)25(31,32)35-17-7-9-22(18(26)12-17)34-14-23(29)30/h2-3,7,9-12,14-15,21H,4-6,8,13H2,1H3. The Hall–Kier alpha value is -3.01. The molecule has 3 rings (SSSR count). The van der Waals surface area contributed by atoms with E-state index in [1.807, 2.05) is 19.1 Å². The SMILES string of the molecule is CC=CCCC1CCC(c2cc(F)c(C(F)(F)Oc3ccc(OC=C(F)F)c(F)c3)c(F)c2)OC1. The molecule has 2 aromatic rings. The van der Waals surface area contributed by atoms with Crippen LogP contribution in [0.1, 0.15) is 49.8 Å². The average Bonchev–Trinajstić information content (AvgIpc) is 2.78.